The van der Waals surface area contributed by atoms with E-state index in [0.717, 1.165) is 0 Å². The number of nitrogens with zero attached hydrogens (tertiary/aromatic N) is 1. The molecule has 142 valence electrons. The number of ether oxygens (including phenoxy) is 1. The standard InChI is InChI=1S/C18H17ClN2O5S/c1-26-14-6-8-15(9-7-14)27(24,25)21-16(10-11-17(21)22)18(23)20-13-4-2-12(19)3-5-13/h2-9,16H,10-11H2,1H3,(H,20,23). The molecule has 1 fully saturated rings. The number of amides is 2. The molecule has 0 spiro atoms. The van der Waals surface area contributed by atoms with Crippen LogP contribution in [0.4, 0.5) is 5.69 Å². The van der Waals surface area contributed by atoms with Crippen LogP contribution in [0.15, 0.2) is 53.4 Å². The van der Waals surface area contributed by atoms with Gasteiger partial charge >= 0.3 is 0 Å². The van der Waals surface area contributed by atoms with Gasteiger partial charge in [-0.2, -0.15) is 0 Å². The third-order valence-electron chi connectivity index (χ3n) is 4.19. The van der Waals surface area contributed by atoms with Crippen LogP contribution >= 0.6 is 11.6 Å². The number of anilines is 1. The van der Waals surface area contributed by atoms with E-state index in [-0.39, 0.29) is 17.7 Å². The summed E-state index contributed by atoms with van der Waals surface area (Å²) in [5.74, 6) is -0.693. The average molecular weight is 409 g/mol. The lowest BCUT2D eigenvalue weighted by Gasteiger charge is -2.23. The number of carbonyl (C=O) groups is 2. The van der Waals surface area contributed by atoms with Gasteiger partial charge in [-0.3, -0.25) is 9.59 Å². The van der Waals surface area contributed by atoms with Crippen LogP contribution in [0.3, 0.4) is 0 Å². The molecule has 1 saturated heterocycles. The Kier molecular flexibility index (Phi) is 5.38. The first-order valence-corrected chi connectivity index (χ1v) is 9.92. The molecule has 0 radical (unpaired) electrons. The smallest absolute Gasteiger partial charge is 0.267 e. The zero-order valence-corrected chi connectivity index (χ0v) is 16.0. The van der Waals surface area contributed by atoms with Crippen LogP contribution in [0.5, 0.6) is 5.75 Å². The highest BCUT2D eigenvalue weighted by Gasteiger charge is 2.44. The van der Waals surface area contributed by atoms with E-state index in [1.54, 1.807) is 24.3 Å². The first-order valence-electron chi connectivity index (χ1n) is 8.10. The van der Waals surface area contributed by atoms with Crippen molar-refractivity contribution in [3.63, 3.8) is 0 Å². The second-order valence-corrected chi connectivity index (χ2v) is 8.17. The van der Waals surface area contributed by atoms with Gasteiger partial charge < -0.3 is 10.1 Å². The number of benzene rings is 2. The molecule has 1 heterocycles. The van der Waals surface area contributed by atoms with Gasteiger partial charge in [-0.1, -0.05) is 11.6 Å². The zero-order chi connectivity index (χ0) is 19.6. The zero-order valence-electron chi connectivity index (χ0n) is 14.4. The van der Waals surface area contributed by atoms with Crippen molar-refractivity contribution in [2.75, 3.05) is 12.4 Å². The summed E-state index contributed by atoms with van der Waals surface area (Å²) < 4.78 is 31.5. The first kappa shape index (κ1) is 19.2. The molecule has 9 heteroatoms. The highest BCUT2D eigenvalue weighted by molar-refractivity contribution is 7.89. The van der Waals surface area contributed by atoms with E-state index in [2.05, 4.69) is 5.32 Å². The number of methoxy groups -OCH3 is 1. The van der Waals surface area contributed by atoms with Crippen molar-refractivity contribution in [1.29, 1.82) is 0 Å². The molecule has 27 heavy (non-hydrogen) atoms. The van der Waals surface area contributed by atoms with E-state index >= 15 is 0 Å². The van der Waals surface area contributed by atoms with Gasteiger partial charge in [-0.05, 0) is 55.0 Å². The summed E-state index contributed by atoms with van der Waals surface area (Å²) in [6.07, 6.45) is 0.0989. The number of halogens is 1. The maximum atomic E-state index is 12.9. The summed E-state index contributed by atoms with van der Waals surface area (Å²) in [7, 11) is -2.70. The van der Waals surface area contributed by atoms with Crippen LogP contribution in [-0.4, -0.2) is 37.7 Å². The minimum Gasteiger partial charge on any atom is -0.497 e. The number of hydrogen-bond acceptors (Lipinski definition) is 5. The lowest BCUT2D eigenvalue weighted by molar-refractivity contribution is -0.128. The molecule has 3 rings (SSSR count). The first-order chi connectivity index (χ1) is 12.8. The SMILES string of the molecule is COc1ccc(S(=O)(=O)N2C(=O)CCC2C(=O)Nc2ccc(Cl)cc2)cc1. The van der Waals surface area contributed by atoms with E-state index in [1.165, 1.54) is 31.4 Å². The van der Waals surface area contributed by atoms with Crippen molar-refractivity contribution in [1.82, 2.24) is 4.31 Å². The Morgan fingerprint density at radius 2 is 1.78 bits per heavy atom. The van der Waals surface area contributed by atoms with Crippen molar-refractivity contribution < 1.29 is 22.7 Å². The number of nitrogens with one attached hydrogen (secondary N) is 1. The van der Waals surface area contributed by atoms with Gasteiger partial charge in [0.05, 0.1) is 12.0 Å². The quantitative estimate of drug-likeness (QED) is 0.821. The van der Waals surface area contributed by atoms with Gasteiger partial charge in [0.2, 0.25) is 11.8 Å². The van der Waals surface area contributed by atoms with Crippen molar-refractivity contribution in [2.45, 2.75) is 23.8 Å². The Labute approximate surface area is 161 Å². The molecule has 7 nitrogen and oxygen atoms in total. The molecule has 1 unspecified atom stereocenters. The summed E-state index contributed by atoms with van der Waals surface area (Å²) in [5.41, 5.74) is 0.463. The summed E-state index contributed by atoms with van der Waals surface area (Å²) >= 11 is 5.81. The third kappa shape index (κ3) is 3.91. The molecule has 2 aromatic carbocycles. The Bertz CT molecular complexity index is 958. The van der Waals surface area contributed by atoms with Crippen molar-refractivity contribution in [3.05, 3.63) is 53.6 Å². The summed E-state index contributed by atoms with van der Waals surface area (Å²) in [4.78, 5) is 24.8. The van der Waals surface area contributed by atoms with E-state index in [1.807, 2.05) is 0 Å². The Morgan fingerprint density at radius 1 is 1.15 bits per heavy atom. The Hall–Kier alpha value is -2.58. The molecule has 0 bridgehead atoms. The highest BCUT2D eigenvalue weighted by Crippen LogP contribution is 2.29. The van der Waals surface area contributed by atoms with Crippen LogP contribution in [-0.2, 0) is 19.6 Å². The molecule has 1 aliphatic rings. The maximum Gasteiger partial charge on any atom is 0.267 e. The molecular weight excluding hydrogens is 392 g/mol. The largest absolute Gasteiger partial charge is 0.497 e. The second-order valence-electron chi connectivity index (χ2n) is 5.92. The predicted octanol–water partition coefficient (Wildman–Crippen LogP) is 2.67. The van der Waals surface area contributed by atoms with E-state index in [0.29, 0.717) is 20.8 Å². The number of rotatable bonds is 5. The van der Waals surface area contributed by atoms with Gasteiger partial charge in [-0.25, -0.2) is 12.7 Å². The Balaban J connectivity index is 1.86. The fourth-order valence-corrected chi connectivity index (χ4v) is 4.55. The molecule has 1 aliphatic heterocycles. The van der Waals surface area contributed by atoms with Gasteiger partial charge in [0.25, 0.3) is 10.0 Å². The van der Waals surface area contributed by atoms with Gasteiger partial charge in [0.15, 0.2) is 0 Å². The summed E-state index contributed by atoms with van der Waals surface area (Å²) in [6, 6.07) is 10.9. The van der Waals surface area contributed by atoms with Crippen LogP contribution in [0.25, 0.3) is 0 Å². The molecule has 2 aromatic rings. The normalized spacial score (nSPS) is 17.0. The van der Waals surface area contributed by atoms with Crippen molar-refractivity contribution >= 4 is 39.1 Å². The van der Waals surface area contributed by atoms with Crippen LogP contribution in [0.2, 0.25) is 5.02 Å². The summed E-state index contributed by atoms with van der Waals surface area (Å²) in [6.45, 7) is 0. The monoisotopic (exact) mass is 408 g/mol. The molecular formula is C18H17ClN2O5S. The third-order valence-corrected chi connectivity index (χ3v) is 6.29. The lowest BCUT2D eigenvalue weighted by atomic mass is 10.2. The second kappa shape index (κ2) is 7.58. The van der Waals surface area contributed by atoms with Crippen molar-refractivity contribution in [2.24, 2.45) is 0 Å². The minimum atomic E-state index is -4.16. The van der Waals surface area contributed by atoms with Crippen molar-refractivity contribution in [3.8, 4) is 5.75 Å². The molecule has 2 amide bonds. The maximum absolute atomic E-state index is 12.9. The predicted molar refractivity (Wildman–Crippen MR) is 100 cm³/mol. The van der Waals surface area contributed by atoms with Crippen LogP contribution in [0, 0.1) is 0 Å². The molecule has 0 saturated carbocycles. The minimum absolute atomic E-state index is 0.0198. The van der Waals surface area contributed by atoms with Crippen LogP contribution < -0.4 is 10.1 Å². The fourth-order valence-electron chi connectivity index (χ4n) is 2.82. The fraction of sp³-hybridized carbons (Fsp3) is 0.222. The van der Waals surface area contributed by atoms with Gasteiger partial charge in [0, 0.05) is 17.1 Å². The number of sulfonamides is 1. The molecule has 0 aromatic heterocycles. The number of carbonyl (C=O) groups excluding carboxylic acids is 2. The van der Waals surface area contributed by atoms with Gasteiger partial charge in [0.1, 0.15) is 11.8 Å². The van der Waals surface area contributed by atoms with E-state index < -0.39 is 27.9 Å². The number of hydrogen-bond donors (Lipinski definition) is 1. The molecule has 1 atom stereocenters. The van der Waals surface area contributed by atoms with E-state index in [9.17, 15) is 18.0 Å². The van der Waals surface area contributed by atoms with Crippen LogP contribution in [0.1, 0.15) is 12.8 Å². The topological polar surface area (TPSA) is 92.8 Å². The molecule has 0 aliphatic carbocycles. The average Bonchev–Trinajstić information content (AvgIpc) is 3.06. The van der Waals surface area contributed by atoms with Gasteiger partial charge in [-0.15, -0.1) is 0 Å². The highest BCUT2D eigenvalue weighted by atomic mass is 35.5. The lowest BCUT2D eigenvalue weighted by Crippen LogP contribution is -2.45. The Morgan fingerprint density at radius 3 is 2.37 bits per heavy atom. The summed E-state index contributed by atoms with van der Waals surface area (Å²) in [5, 5.41) is 3.13. The molecule has 1 N–H and O–H groups in total. The van der Waals surface area contributed by atoms with E-state index in [4.69, 9.17) is 16.3 Å².